The molecule has 4 nitrogen and oxygen atoms in total. The normalized spacial score (nSPS) is 11.0. The molecule has 0 heterocycles. The maximum Gasteiger partial charge on any atom is 0.251 e. The van der Waals surface area contributed by atoms with Crippen molar-refractivity contribution in [1.82, 2.24) is 5.32 Å². The number of carbonyl (C=O) groups is 2. The van der Waals surface area contributed by atoms with Gasteiger partial charge in [0.1, 0.15) is 0 Å². The lowest BCUT2D eigenvalue weighted by atomic mass is 10.1. The third-order valence-corrected chi connectivity index (χ3v) is 3.85. The second kappa shape index (κ2) is 8.17. The Labute approximate surface area is 153 Å². The molecule has 0 aliphatic rings. The average Bonchev–Trinajstić information content (AvgIpc) is 2.53. The van der Waals surface area contributed by atoms with Crippen LogP contribution < -0.4 is 10.6 Å². The molecule has 0 aliphatic heterocycles. The van der Waals surface area contributed by atoms with E-state index in [2.05, 4.69) is 10.6 Å². The van der Waals surface area contributed by atoms with Gasteiger partial charge in [-0.2, -0.15) is 0 Å². The second-order valence-electron chi connectivity index (χ2n) is 6.92. The van der Waals surface area contributed by atoms with E-state index < -0.39 is 0 Å². The van der Waals surface area contributed by atoms with E-state index in [1.807, 2.05) is 45.0 Å². The maximum atomic E-state index is 12.2. The largest absolute Gasteiger partial charge is 0.347 e. The molecular formula is C20H23ClN2O2. The summed E-state index contributed by atoms with van der Waals surface area (Å²) in [6, 6.07) is 14.4. The number of halogens is 1. The summed E-state index contributed by atoms with van der Waals surface area (Å²) >= 11 is 6.10. The molecule has 2 aromatic carbocycles. The minimum Gasteiger partial charge on any atom is -0.347 e. The summed E-state index contributed by atoms with van der Waals surface area (Å²) in [5.41, 5.74) is 1.74. The molecule has 5 heteroatoms. The average molecular weight is 359 g/mol. The maximum absolute atomic E-state index is 12.2. The first kappa shape index (κ1) is 19.0. The summed E-state index contributed by atoms with van der Waals surface area (Å²) in [6.07, 6.45) is 0.887. The van der Waals surface area contributed by atoms with Crippen LogP contribution in [0.1, 0.15) is 43.1 Å². The molecule has 2 amide bonds. The number of carbonyl (C=O) groups excluding carboxylic acids is 2. The number of nitrogens with one attached hydrogen (secondary N) is 2. The third kappa shape index (κ3) is 6.24. The Bertz CT molecular complexity index is 766. The molecule has 2 aromatic rings. The molecule has 25 heavy (non-hydrogen) atoms. The van der Waals surface area contributed by atoms with E-state index in [0.29, 0.717) is 29.1 Å². The summed E-state index contributed by atoms with van der Waals surface area (Å²) in [5, 5.41) is 6.39. The Balaban J connectivity index is 1.96. The van der Waals surface area contributed by atoms with E-state index in [1.54, 1.807) is 24.3 Å². The fourth-order valence-corrected chi connectivity index (χ4v) is 2.55. The van der Waals surface area contributed by atoms with Crippen molar-refractivity contribution >= 4 is 29.1 Å². The van der Waals surface area contributed by atoms with Gasteiger partial charge in [-0.05, 0) is 57.0 Å². The van der Waals surface area contributed by atoms with Gasteiger partial charge in [-0.25, -0.2) is 0 Å². The van der Waals surface area contributed by atoms with Crippen LogP contribution in [0.3, 0.4) is 0 Å². The number of hydrogen-bond acceptors (Lipinski definition) is 2. The SMILES string of the molecule is CC(C)(C)NC(=O)c1cccc(NC(=O)CCc2ccccc2Cl)c1. The molecule has 132 valence electrons. The summed E-state index contributed by atoms with van der Waals surface area (Å²) < 4.78 is 0. The van der Waals surface area contributed by atoms with Gasteiger partial charge in [-0.3, -0.25) is 9.59 Å². The predicted octanol–water partition coefficient (Wildman–Crippen LogP) is 4.44. The molecular weight excluding hydrogens is 336 g/mol. The lowest BCUT2D eigenvalue weighted by Crippen LogP contribution is -2.40. The van der Waals surface area contributed by atoms with Crippen molar-refractivity contribution in [3.63, 3.8) is 0 Å². The monoisotopic (exact) mass is 358 g/mol. The van der Waals surface area contributed by atoms with E-state index in [4.69, 9.17) is 11.6 Å². The Kier molecular flexibility index (Phi) is 6.21. The quantitative estimate of drug-likeness (QED) is 0.830. The number of rotatable bonds is 5. The minimum atomic E-state index is -0.314. The van der Waals surface area contributed by atoms with Crippen LogP contribution in [0.4, 0.5) is 5.69 Å². The topological polar surface area (TPSA) is 58.2 Å². The van der Waals surface area contributed by atoms with Crippen LogP contribution in [-0.4, -0.2) is 17.4 Å². The zero-order chi connectivity index (χ0) is 18.4. The Morgan fingerprint density at radius 3 is 2.44 bits per heavy atom. The fourth-order valence-electron chi connectivity index (χ4n) is 2.32. The summed E-state index contributed by atoms with van der Waals surface area (Å²) in [4.78, 5) is 24.4. The van der Waals surface area contributed by atoms with Gasteiger partial charge in [0.05, 0.1) is 0 Å². The molecule has 0 radical (unpaired) electrons. The van der Waals surface area contributed by atoms with Crippen LogP contribution in [0.25, 0.3) is 0 Å². The zero-order valence-corrected chi connectivity index (χ0v) is 15.5. The van der Waals surface area contributed by atoms with E-state index in [0.717, 1.165) is 5.56 Å². The highest BCUT2D eigenvalue weighted by molar-refractivity contribution is 6.31. The Morgan fingerprint density at radius 2 is 1.76 bits per heavy atom. The second-order valence-corrected chi connectivity index (χ2v) is 7.33. The molecule has 0 saturated heterocycles. The molecule has 2 N–H and O–H groups in total. The standard InChI is InChI=1S/C20H23ClN2O2/c1-20(2,3)23-19(25)15-8-6-9-16(13-15)22-18(24)12-11-14-7-4-5-10-17(14)21/h4-10,13H,11-12H2,1-3H3,(H,22,24)(H,23,25). The Hall–Kier alpha value is -2.33. The van der Waals surface area contributed by atoms with E-state index in [1.165, 1.54) is 0 Å². The number of hydrogen-bond donors (Lipinski definition) is 2. The molecule has 0 unspecified atom stereocenters. The third-order valence-electron chi connectivity index (χ3n) is 3.48. The van der Waals surface area contributed by atoms with Crippen molar-refractivity contribution in [1.29, 1.82) is 0 Å². The van der Waals surface area contributed by atoms with Crippen molar-refractivity contribution in [2.75, 3.05) is 5.32 Å². The highest BCUT2D eigenvalue weighted by Gasteiger charge is 2.15. The van der Waals surface area contributed by atoms with Gasteiger partial charge in [-0.1, -0.05) is 35.9 Å². The highest BCUT2D eigenvalue weighted by Crippen LogP contribution is 2.17. The van der Waals surface area contributed by atoms with Crippen LogP contribution >= 0.6 is 11.6 Å². The first-order chi connectivity index (χ1) is 11.7. The first-order valence-electron chi connectivity index (χ1n) is 8.20. The van der Waals surface area contributed by atoms with E-state index in [9.17, 15) is 9.59 Å². The number of amides is 2. The summed E-state index contributed by atoms with van der Waals surface area (Å²) in [7, 11) is 0. The molecule has 0 atom stereocenters. The summed E-state index contributed by atoms with van der Waals surface area (Å²) in [5.74, 6) is -0.284. The van der Waals surface area contributed by atoms with E-state index in [-0.39, 0.29) is 17.4 Å². The zero-order valence-electron chi connectivity index (χ0n) is 14.7. The lowest BCUT2D eigenvalue weighted by molar-refractivity contribution is -0.116. The molecule has 0 spiro atoms. The molecule has 0 bridgehead atoms. The van der Waals surface area contributed by atoms with Gasteiger partial charge in [0.25, 0.3) is 5.91 Å². The van der Waals surface area contributed by atoms with Gasteiger partial charge in [0.15, 0.2) is 0 Å². The highest BCUT2D eigenvalue weighted by atomic mass is 35.5. The fraction of sp³-hybridized carbons (Fsp3) is 0.300. The molecule has 0 saturated carbocycles. The van der Waals surface area contributed by atoms with Crippen LogP contribution in [-0.2, 0) is 11.2 Å². The van der Waals surface area contributed by atoms with Gasteiger partial charge >= 0.3 is 0 Å². The Morgan fingerprint density at radius 1 is 1.04 bits per heavy atom. The molecule has 0 fully saturated rings. The van der Waals surface area contributed by atoms with Crippen LogP contribution in [0.2, 0.25) is 5.02 Å². The number of aryl methyl sites for hydroxylation is 1. The van der Waals surface area contributed by atoms with Gasteiger partial charge < -0.3 is 10.6 Å². The van der Waals surface area contributed by atoms with Crippen molar-refractivity contribution in [3.8, 4) is 0 Å². The van der Waals surface area contributed by atoms with Crippen LogP contribution in [0, 0.1) is 0 Å². The van der Waals surface area contributed by atoms with Crippen molar-refractivity contribution in [2.24, 2.45) is 0 Å². The van der Waals surface area contributed by atoms with Crippen molar-refractivity contribution in [3.05, 3.63) is 64.7 Å². The van der Waals surface area contributed by atoms with Crippen LogP contribution in [0.5, 0.6) is 0 Å². The smallest absolute Gasteiger partial charge is 0.251 e. The van der Waals surface area contributed by atoms with Crippen molar-refractivity contribution in [2.45, 2.75) is 39.2 Å². The van der Waals surface area contributed by atoms with Crippen molar-refractivity contribution < 1.29 is 9.59 Å². The van der Waals surface area contributed by atoms with Crippen LogP contribution in [0.15, 0.2) is 48.5 Å². The number of benzene rings is 2. The molecule has 2 rings (SSSR count). The first-order valence-corrected chi connectivity index (χ1v) is 8.58. The van der Waals surface area contributed by atoms with Gasteiger partial charge in [0, 0.05) is 28.2 Å². The minimum absolute atomic E-state index is 0.117. The van der Waals surface area contributed by atoms with Gasteiger partial charge in [-0.15, -0.1) is 0 Å². The molecule has 0 aromatic heterocycles. The molecule has 0 aliphatic carbocycles. The number of anilines is 1. The lowest BCUT2D eigenvalue weighted by Gasteiger charge is -2.20. The van der Waals surface area contributed by atoms with Gasteiger partial charge in [0.2, 0.25) is 5.91 Å². The van der Waals surface area contributed by atoms with E-state index >= 15 is 0 Å². The summed E-state index contributed by atoms with van der Waals surface area (Å²) in [6.45, 7) is 5.77. The predicted molar refractivity (Wildman–Crippen MR) is 102 cm³/mol.